The van der Waals surface area contributed by atoms with Crippen molar-refractivity contribution in [2.45, 2.75) is 84.1 Å². The van der Waals surface area contributed by atoms with E-state index in [1.54, 1.807) is 0 Å². The maximum atomic E-state index is 13.6. The number of para-hydroxylation sites is 1. The predicted molar refractivity (Wildman–Crippen MR) is 144 cm³/mol. The Bertz CT molecular complexity index is 1100. The normalized spacial score (nSPS) is 20.2. The molecule has 5 heteroatoms. The van der Waals surface area contributed by atoms with E-state index in [9.17, 15) is 9.90 Å². The molecule has 0 atom stereocenters. The zero-order valence-electron chi connectivity index (χ0n) is 21.2. The van der Waals surface area contributed by atoms with Crippen molar-refractivity contribution >= 4 is 34.6 Å². The molecule has 2 aromatic rings. The zero-order valence-corrected chi connectivity index (χ0v) is 22.0. The quantitative estimate of drug-likeness (QED) is 0.466. The molecule has 1 saturated carbocycles. The van der Waals surface area contributed by atoms with Crippen LogP contribution in [-0.4, -0.2) is 27.1 Å². The fraction of sp³-hybridized carbons (Fsp3) is 0.448. The van der Waals surface area contributed by atoms with Crippen LogP contribution in [0.15, 0.2) is 52.4 Å². The lowest BCUT2D eigenvalue weighted by Crippen LogP contribution is -2.37. The van der Waals surface area contributed by atoms with Crippen molar-refractivity contribution in [2.24, 2.45) is 4.99 Å². The van der Waals surface area contributed by atoms with Gasteiger partial charge in [0.25, 0.3) is 5.91 Å². The van der Waals surface area contributed by atoms with Crippen molar-refractivity contribution in [2.75, 3.05) is 0 Å². The highest BCUT2D eigenvalue weighted by Gasteiger charge is 2.39. The second-order valence-electron chi connectivity index (χ2n) is 11.4. The van der Waals surface area contributed by atoms with E-state index < -0.39 is 0 Å². The summed E-state index contributed by atoms with van der Waals surface area (Å²) in [6.07, 6.45) is 6.33. The average molecular weight is 477 g/mol. The fourth-order valence-corrected chi connectivity index (χ4v) is 5.76. The minimum Gasteiger partial charge on any atom is -0.507 e. The standard InChI is InChI=1S/C29H36N2O2S/c1-28(2,3)22-16-19(17-23(25(22)32)29(4,5)6)18-24-26(33)31(21-14-10-11-15-21)27(34-24)30-20-12-8-7-9-13-20/h7-9,12-13,16-18,21,32H,10-11,14-15H2,1-6H3/b24-18-,30-27?. The summed E-state index contributed by atoms with van der Waals surface area (Å²) in [5.41, 5.74) is 3.15. The highest BCUT2D eigenvalue weighted by Crippen LogP contribution is 2.42. The summed E-state index contributed by atoms with van der Waals surface area (Å²) in [4.78, 5) is 21.1. The van der Waals surface area contributed by atoms with Crippen LogP contribution in [0.2, 0.25) is 0 Å². The predicted octanol–water partition coefficient (Wildman–Crippen LogP) is 7.53. The molecule has 0 spiro atoms. The van der Waals surface area contributed by atoms with Gasteiger partial charge in [0, 0.05) is 17.2 Å². The third-order valence-electron chi connectivity index (χ3n) is 6.55. The van der Waals surface area contributed by atoms with Gasteiger partial charge in [-0.15, -0.1) is 0 Å². The Labute approximate surface area is 208 Å². The van der Waals surface area contributed by atoms with Gasteiger partial charge in [0.2, 0.25) is 0 Å². The number of rotatable bonds is 3. The molecule has 2 aliphatic rings. The van der Waals surface area contributed by atoms with Crippen LogP contribution >= 0.6 is 11.8 Å². The van der Waals surface area contributed by atoms with Gasteiger partial charge < -0.3 is 5.11 Å². The first-order chi connectivity index (χ1) is 15.9. The Kier molecular flexibility index (Phi) is 6.69. The van der Waals surface area contributed by atoms with Crippen molar-refractivity contribution in [3.8, 4) is 5.75 Å². The van der Waals surface area contributed by atoms with E-state index in [0.29, 0.717) is 10.7 Å². The number of carbonyl (C=O) groups is 1. The summed E-state index contributed by atoms with van der Waals surface area (Å²) in [5, 5.41) is 11.8. The number of hydrogen-bond donors (Lipinski definition) is 1. The molecule has 0 radical (unpaired) electrons. The minimum absolute atomic E-state index is 0.0364. The zero-order chi connectivity index (χ0) is 24.7. The number of thioether (sulfide) groups is 1. The van der Waals surface area contributed by atoms with E-state index in [2.05, 4.69) is 41.5 Å². The number of carbonyl (C=O) groups excluding carboxylic acids is 1. The lowest BCUT2D eigenvalue weighted by molar-refractivity contribution is -0.123. The number of aromatic hydroxyl groups is 1. The third kappa shape index (κ3) is 5.10. The Morgan fingerprint density at radius 3 is 2.06 bits per heavy atom. The van der Waals surface area contributed by atoms with Gasteiger partial charge in [-0.3, -0.25) is 9.69 Å². The van der Waals surface area contributed by atoms with Crippen LogP contribution in [-0.2, 0) is 15.6 Å². The topological polar surface area (TPSA) is 52.9 Å². The number of amidine groups is 1. The van der Waals surface area contributed by atoms with Crippen LogP contribution in [0.5, 0.6) is 5.75 Å². The third-order valence-corrected chi connectivity index (χ3v) is 7.54. The smallest absolute Gasteiger partial charge is 0.267 e. The summed E-state index contributed by atoms with van der Waals surface area (Å²) in [6.45, 7) is 12.6. The molecule has 0 bridgehead atoms. The SMILES string of the molecule is CC(C)(C)c1cc(/C=C2\SC(=Nc3ccccc3)N(C3CCCC3)C2=O)cc(C(C)(C)C)c1O. The Balaban J connectivity index is 1.79. The molecular formula is C29H36N2O2S. The van der Waals surface area contributed by atoms with Crippen LogP contribution in [0, 0.1) is 0 Å². The molecule has 2 fully saturated rings. The molecule has 1 amide bonds. The van der Waals surface area contributed by atoms with E-state index in [1.165, 1.54) is 11.8 Å². The molecule has 1 aliphatic carbocycles. The van der Waals surface area contributed by atoms with E-state index in [1.807, 2.05) is 53.4 Å². The first kappa shape index (κ1) is 24.6. The van der Waals surface area contributed by atoms with E-state index in [4.69, 9.17) is 4.99 Å². The van der Waals surface area contributed by atoms with Gasteiger partial charge in [0.15, 0.2) is 5.17 Å². The molecule has 0 aromatic heterocycles. The Morgan fingerprint density at radius 2 is 1.53 bits per heavy atom. The average Bonchev–Trinajstić information content (AvgIpc) is 3.36. The second kappa shape index (κ2) is 9.26. The van der Waals surface area contributed by atoms with E-state index >= 15 is 0 Å². The Hall–Kier alpha value is -2.53. The molecule has 4 nitrogen and oxygen atoms in total. The van der Waals surface area contributed by atoms with Gasteiger partial charge in [0.05, 0.1) is 10.6 Å². The van der Waals surface area contributed by atoms with Gasteiger partial charge >= 0.3 is 0 Å². The van der Waals surface area contributed by atoms with Gasteiger partial charge in [-0.2, -0.15) is 0 Å². The lowest BCUT2D eigenvalue weighted by Gasteiger charge is -2.28. The van der Waals surface area contributed by atoms with Crippen molar-refractivity contribution in [1.82, 2.24) is 4.90 Å². The van der Waals surface area contributed by atoms with Gasteiger partial charge in [-0.05, 0) is 71.3 Å². The molecular weight excluding hydrogens is 440 g/mol. The molecule has 34 heavy (non-hydrogen) atoms. The molecule has 180 valence electrons. The first-order valence-electron chi connectivity index (χ1n) is 12.2. The summed E-state index contributed by atoms with van der Waals surface area (Å²) < 4.78 is 0. The largest absolute Gasteiger partial charge is 0.507 e. The fourth-order valence-electron chi connectivity index (χ4n) is 4.70. The molecule has 2 aromatic carbocycles. The summed E-state index contributed by atoms with van der Waals surface area (Å²) in [6, 6.07) is 14.1. The van der Waals surface area contributed by atoms with Gasteiger partial charge in [0.1, 0.15) is 5.75 Å². The number of aliphatic imine (C=N–C) groups is 1. The highest BCUT2D eigenvalue weighted by molar-refractivity contribution is 8.18. The van der Waals surface area contributed by atoms with Crippen molar-refractivity contribution in [3.05, 3.63) is 64.1 Å². The first-order valence-corrected chi connectivity index (χ1v) is 13.0. The van der Waals surface area contributed by atoms with Gasteiger partial charge in [-0.1, -0.05) is 72.6 Å². The van der Waals surface area contributed by atoms with Crippen molar-refractivity contribution in [1.29, 1.82) is 0 Å². The Morgan fingerprint density at radius 1 is 0.971 bits per heavy atom. The second-order valence-corrected chi connectivity index (χ2v) is 12.4. The number of nitrogens with zero attached hydrogens (tertiary/aromatic N) is 2. The number of hydrogen-bond acceptors (Lipinski definition) is 4. The van der Waals surface area contributed by atoms with Crippen LogP contribution in [0.4, 0.5) is 5.69 Å². The number of phenolic OH excluding ortho intramolecular Hbond substituents is 1. The summed E-state index contributed by atoms with van der Waals surface area (Å²) >= 11 is 1.46. The number of benzene rings is 2. The van der Waals surface area contributed by atoms with Crippen molar-refractivity contribution in [3.63, 3.8) is 0 Å². The minimum atomic E-state index is -0.221. The lowest BCUT2D eigenvalue weighted by atomic mass is 9.78. The number of amides is 1. The molecule has 1 heterocycles. The van der Waals surface area contributed by atoms with Crippen LogP contribution in [0.3, 0.4) is 0 Å². The van der Waals surface area contributed by atoms with Crippen LogP contribution in [0.25, 0.3) is 6.08 Å². The molecule has 1 aliphatic heterocycles. The molecule has 1 saturated heterocycles. The van der Waals surface area contributed by atoms with Crippen LogP contribution < -0.4 is 0 Å². The van der Waals surface area contributed by atoms with Crippen molar-refractivity contribution < 1.29 is 9.90 Å². The summed E-state index contributed by atoms with van der Waals surface area (Å²) in [7, 11) is 0. The monoisotopic (exact) mass is 476 g/mol. The van der Waals surface area contributed by atoms with Crippen LogP contribution in [0.1, 0.15) is 83.9 Å². The molecule has 0 unspecified atom stereocenters. The number of phenols is 1. The maximum Gasteiger partial charge on any atom is 0.267 e. The summed E-state index contributed by atoms with van der Waals surface area (Å²) in [5.74, 6) is 0.390. The molecule has 4 rings (SSSR count). The maximum absolute atomic E-state index is 13.6. The van der Waals surface area contributed by atoms with E-state index in [-0.39, 0.29) is 22.8 Å². The van der Waals surface area contributed by atoms with Gasteiger partial charge in [-0.25, -0.2) is 4.99 Å². The molecule has 1 N–H and O–H groups in total. The highest BCUT2D eigenvalue weighted by atomic mass is 32.2. The van der Waals surface area contributed by atoms with E-state index in [0.717, 1.165) is 53.2 Å².